The maximum atomic E-state index is 11.0. The molecule has 3 N–H and O–H groups in total. The molecule has 0 radical (unpaired) electrons. The first-order valence-electron chi connectivity index (χ1n) is 5.34. The van der Waals surface area contributed by atoms with E-state index in [9.17, 15) is 4.79 Å². The molecule has 0 aromatic rings. The van der Waals surface area contributed by atoms with Gasteiger partial charge in [0.25, 0.3) is 0 Å². The van der Waals surface area contributed by atoms with Gasteiger partial charge in [-0.2, -0.15) is 0 Å². The zero-order chi connectivity index (χ0) is 11.0. The van der Waals surface area contributed by atoms with Gasteiger partial charge in [-0.25, -0.2) is 0 Å². The van der Waals surface area contributed by atoms with Gasteiger partial charge < -0.3 is 10.8 Å². The van der Waals surface area contributed by atoms with Crippen LogP contribution >= 0.6 is 0 Å². The van der Waals surface area contributed by atoms with E-state index in [0.29, 0.717) is 13.0 Å². The fourth-order valence-corrected chi connectivity index (χ4v) is 1.62. The summed E-state index contributed by atoms with van der Waals surface area (Å²) in [6.45, 7) is 6.23. The van der Waals surface area contributed by atoms with E-state index >= 15 is 0 Å². The summed E-state index contributed by atoms with van der Waals surface area (Å²) >= 11 is 0. The lowest BCUT2D eigenvalue weighted by atomic mass is 10.1. The molecule has 0 aromatic heterocycles. The monoisotopic (exact) mass is 202 g/mol. The molecule has 0 rings (SSSR count). The highest BCUT2D eigenvalue weighted by atomic mass is 16.4. The molecule has 0 fully saturated rings. The highest BCUT2D eigenvalue weighted by molar-refractivity contribution is 5.73. The largest absolute Gasteiger partial charge is 0.480 e. The van der Waals surface area contributed by atoms with Gasteiger partial charge in [-0.3, -0.25) is 9.69 Å². The zero-order valence-electron chi connectivity index (χ0n) is 9.20. The van der Waals surface area contributed by atoms with Crippen LogP contribution in [0.2, 0.25) is 0 Å². The Morgan fingerprint density at radius 1 is 1.36 bits per heavy atom. The van der Waals surface area contributed by atoms with Crippen molar-refractivity contribution in [3.63, 3.8) is 0 Å². The van der Waals surface area contributed by atoms with Gasteiger partial charge in [-0.1, -0.05) is 13.8 Å². The van der Waals surface area contributed by atoms with E-state index < -0.39 is 12.0 Å². The lowest BCUT2D eigenvalue weighted by Gasteiger charge is -2.27. The Bertz CT molecular complexity index is 156. The maximum absolute atomic E-state index is 11.0. The quantitative estimate of drug-likeness (QED) is 0.614. The van der Waals surface area contributed by atoms with Crippen LogP contribution in [-0.4, -0.2) is 41.7 Å². The predicted octanol–water partition coefficient (Wildman–Crippen LogP) is 0.910. The molecule has 4 heteroatoms. The minimum atomic E-state index is -0.752. The van der Waals surface area contributed by atoms with Crippen LogP contribution in [0.25, 0.3) is 0 Å². The van der Waals surface area contributed by atoms with Crippen molar-refractivity contribution < 1.29 is 9.90 Å². The van der Waals surface area contributed by atoms with Crippen molar-refractivity contribution in [2.24, 2.45) is 5.73 Å². The van der Waals surface area contributed by atoms with Crippen LogP contribution in [0.4, 0.5) is 0 Å². The molecule has 0 aliphatic heterocycles. The Morgan fingerprint density at radius 2 is 1.86 bits per heavy atom. The minimum absolute atomic E-state index is 0.403. The first-order chi connectivity index (χ1) is 6.67. The molecule has 4 nitrogen and oxygen atoms in total. The van der Waals surface area contributed by atoms with Gasteiger partial charge in [0, 0.05) is 0 Å². The van der Waals surface area contributed by atoms with Crippen LogP contribution in [0, 0.1) is 0 Å². The molecular formula is C10H22N2O2. The van der Waals surface area contributed by atoms with Crippen LogP contribution in [0.15, 0.2) is 0 Å². The first kappa shape index (κ1) is 13.4. The van der Waals surface area contributed by atoms with E-state index in [2.05, 4.69) is 13.8 Å². The second kappa shape index (κ2) is 7.76. The van der Waals surface area contributed by atoms with Gasteiger partial charge in [-0.15, -0.1) is 0 Å². The standard InChI is InChI=1S/C10H22N2O2/c1-3-7-12(8-4-2)9(5-6-11)10(13)14/h9H,3-8,11H2,1-2H3,(H,13,14). The van der Waals surface area contributed by atoms with Gasteiger partial charge in [0.1, 0.15) is 6.04 Å². The number of carboxylic acid groups (broad SMARTS) is 1. The van der Waals surface area contributed by atoms with E-state index in [1.807, 2.05) is 4.90 Å². The third kappa shape index (κ3) is 4.58. The molecule has 84 valence electrons. The van der Waals surface area contributed by atoms with E-state index in [0.717, 1.165) is 25.9 Å². The molecule has 0 heterocycles. The second-order valence-corrected chi connectivity index (χ2v) is 3.47. The summed E-state index contributed by atoms with van der Waals surface area (Å²) in [5.41, 5.74) is 5.41. The van der Waals surface area contributed by atoms with Gasteiger partial charge in [0.15, 0.2) is 0 Å². The topological polar surface area (TPSA) is 66.6 Å². The summed E-state index contributed by atoms with van der Waals surface area (Å²) in [4.78, 5) is 13.0. The summed E-state index contributed by atoms with van der Waals surface area (Å²) in [5, 5.41) is 9.03. The Balaban J connectivity index is 4.29. The van der Waals surface area contributed by atoms with Gasteiger partial charge in [0.05, 0.1) is 0 Å². The number of nitrogens with two attached hydrogens (primary N) is 1. The van der Waals surface area contributed by atoms with E-state index in [4.69, 9.17) is 10.8 Å². The van der Waals surface area contributed by atoms with Crippen molar-refractivity contribution in [3.05, 3.63) is 0 Å². The fourth-order valence-electron chi connectivity index (χ4n) is 1.62. The lowest BCUT2D eigenvalue weighted by Crippen LogP contribution is -2.43. The fraction of sp³-hybridized carbons (Fsp3) is 0.900. The number of rotatable bonds is 8. The van der Waals surface area contributed by atoms with Crippen molar-refractivity contribution in [1.29, 1.82) is 0 Å². The number of aliphatic carboxylic acids is 1. The van der Waals surface area contributed by atoms with Crippen LogP contribution < -0.4 is 5.73 Å². The molecule has 0 spiro atoms. The normalized spacial score (nSPS) is 13.1. The number of carboxylic acids is 1. The second-order valence-electron chi connectivity index (χ2n) is 3.47. The highest BCUT2D eigenvalue weighted by Crippen LogP contribution is 2.06. The van der Waals surface area contributed by atoms with E-state index in [-0.39, 0.29) is 0 Å². The number of hydrogen-bond donors (Lipinski definition) is 2. The Kier molecular flexibility index (Phi) is 7.42. The molecule has 0 amide bonds. The summed E-state index contributed by atoms with van der Waals surface area (Å²) in [5.74, 6) is -0.752. The summed E-state index contributed by atoms with van der Waals surface area (Å²) in [6, 6.07) is -0.403. The molecular weight excluding hydrogens is 180 g/mol. The number of carbonyl (C=O) groups is 1. The third-order valence-corrected chi connectivity index (χ3v) is 2.19. The van der Waals surface area contributed by atoms with Gasteiger partial charge >= 0.3 is 5.97 Å². The molecule has 0 aliphatic rings. The smallest absolute Gasteiger partial charge is 0.320 e. The van der Waals surface area contributed by atoms with E-state index in [1.54, 1.807) is 0 Å². The SMILES string of the molecule is CCCN(CCC)C(CCN)C(=O)O. The van der Waals surface area contributed by atoms with Crippen molar-refractivity contribution in [2.75, 3.05) is 19.6 Å². The van der Waals surface area contributed by atoms with Crippen molar-refractivity contribution >= 4 is 5.97 Å². The van der Waals surface area contributed by atoms with Crippen molar-refractivity contribution in [2.45, 2.75) is 39.2 Å². The molecule has 0 bridgehead atoms. The molecule has 0 saturated heterocycles. The Labute approximate surface area is 86.1 Å². The maximum Gasteiger partial charge on any atom is 0.320 e. The van der Waals surface area contributed by atoms with E-state index in [1.165, 1.54) is 0 Å². The molecule has 14 heavy (non-hydrogen) atoms. The zero-order valence-corrected chi connectivity index (χ0v) is 9.20. The van der Waals surface area contributed by atoms with Gasteiger partial charge in [0.2, 0.25) is 0 Å². The predicted molar refractivity (Wildman–Crippen MR) is 57.3 cm³/mol. The lowest BCUT2D eigenvalue weighted by molar-refractivity contribution is -0.143. The number of hydrogen-bond acceptors (Lipinski definition) is 3. The average molecular weight is 202 g/mol. The average Bonchev–Trinajstić information content (AvgIpc) is 2.13. The molecule has 0 aliphatic carbocycles. The molecule has 0 aromatic carbocycles. The van der Waals surface area contributed by atoms with Crippen molar-refractivity contribution in [1.82, 2.24) is 4.90 Å². The molecule has 1 atom stereocenters. The van der Waals surface area contributed by atoms with Gasteiger partial charge in [-0.05, 0) is 38.9 Å². The molecule has 1 unspecified atom stereocenters. The Morgan fingerprint density at radius 3 is 2.14 bits per heavy atom. The number of nitrogens with zero attached hydrogens (tertiary/aromatic N) is 1. The highest BCUT2D eigenvalue weighted by Gasteiger charge is 2.23. The summed E-state index contributed by atoms with van der Waals surface area (Å²) in [7, 11) is 0. The minimum Gasteiger partial charge on any atom is -0.480 e. The van der Waals surface area contributed by atoms with Crippen LogP contribution in [0.3, 0.4) is 0 Å². The van der Waals surface area contributed by atoms with Crippen LogP contribution in [-0.2, 0) is 4.79 Å². The summed E-state index contributed by atoms with van der Waals surface area (Å²) in [6.07, 6.45) is 2.50. The van der Waals surface area contributed by atoms with Crippen LogP contribution in [0.1, 0.15) is 33.1 Å². The summed E-state index contributed by atoms with van der Waals surface area (Å²) < 4.78 is 0. The molecule has 0 saturated carbocycles. The van der Waals surface area contributed by atoms with Crippen LogP contribution in [0.5, 0.6) is 0 Å². The Hall–Kier alpha value is -0.610. The third-order valence-electron chi connectivity index (χ3n) is 2.19. The van der Waals surface area contributed by atoms with Crippen molar-refractivity contribution in [3.8, 4) is 0 Å². The first-order valence-corrected chi connectivity index (χ1v) is 5.34.